The summed E-state index contributed by atoms with van der Waals surface area (Å²) in [4.78, 5) is 11.8. The van der Waals surface area contributed by atoms with E-state index in [1.807, 2.05) is 0 Å². The van der Waals surface area contributed by atoms with E-state index in [2.05, 4.69) is 62.6 Å². The van der Waals surface area contributed by atoms with Crippen LogP contribution >= 0.6 is 23.8 Å². The average molecular weight is 419 g/mol. The van der Waals surface area contributed by atoms with Gasteiger partial charge >= 0.3 is 5.97 Å². The summed E-state index contributed by atoms with van der Waals surface area (Å²) in [5.41, 5.74) is 3.60. The lowest BCUT2D eigenvalue weighted by molar-refractivity contribution is 0.0526. The van der Waals surface area contributed by atoms with Crippen molar-refractivity contribution >= 4 is 40.6 Å². The number of hydrogen-bond acceptors (Lipinski definition) is 3. The fourth-order valence-electron chi connectivity index (χ4n) is 2.69. The summed E-state index contributed by atoms with van der Waals surface area (Å²) < 4.78 is 4.98. The summed E-state index contributed by atoms with van der Waals surface area (Å²) in [5, 5.41) is 7.16. The Balaban J connectivity index is 1.99. The molecule has 6 heteroatoms. The molecule has 150 valence electrons. The van der Waals surface area contributed by atoms with Gasteiger partial charge in [0.25, 0.3) is 0 Å². The first-order valence-corrected chi connectivity index (χ1v) is 10.0. The third kappa shape index (κ3) is 5.94. The smallest absolute Gasteiger partial charge is 0.339 e. The predicted octanol–water partition coefficient (Wildman–Crippen LogP) is 5.86. The number of carbonyl (C=O) groups is 1. The van der Waals surface area contributed by atoms with Crippen LogP contribution in [0.1, 0.15) is 62.1 Å². The van der Waals surface area contributed by atoms with Crippen molar-refractivity contribution in [3.63, 3.8) is 0 Å². The summed E-state index contributed by atoms with van der Waals surface area (Å²) in [6.45, 7) is 10.7. The lowest BCUT2D eigenvalue weighted by Gasteiger charge is -2.21. The predicted molar refractivity (Wildman–Crippen MR) is 120 cm³/mol. The van der Waals surface area contributed by atoms with Crippen molar-refractivity contribution < 1.29 is 9.53 Å². The van der Waals surface area contributed by atoms with E-state index in [0.717, 1.165) is 5.56 Å². The van der Waals surface area contributed by atoms with Crippen LogP contribution in [-0.2, 0) is 10.2 Å². The van der Waals surface area contributed by atoms with Gasteiger partial charge in [0.2, 0.25) is 0 Å². The normalized spacial score (nSPS) is 12.2. The molecule has 0 aliphatic carbocycles. The highest BCUT2D eigenvalue weighted by molar-refractivity contribution is 7.80. The van der Waals surface area contributed by atoms with E-state index in [-0.39, 0.29) is 11.5 Å². The topological polar surface area (TPSA) is 50.4 Å². The summed E-state index contributed by atoms with van der Waals surface area (Å²) >= 11 is 11.6. The van der Waals surface area contributed by atoms with Crippen molar-refractivity contribution in [2.45, 2.75) is 46.1 Å². The second-order valence-electron chi connectivity index (χ2n) is 7.61. The van der Waals surface area contributed by atoms with Crippen LogP contribution in [0.15, 0.2) is 42.5 Å². The Hall–Kier alpha value is -2.11. The highest BCUT2D eigenvalue weighted by Gasteiger charge is 2.15. The SMILES string of the molecule is CCOC(=O)c1ccc(NC(=S)NC(C)c2ccc(C(C)(C)C)cc2)cc1Cl. The average Bonchev–Trinajstić information content (AvgIpc) is 2.61. The Bertz CT molecular complexity index is 845. The Labute approximate surface area is 177 Å². The zero-order valence-corrected chi connectivity index (χ0v) is 18.5. The molecular weight excluding hydrogens is 392 g/mol. The number of anilines is 1. The first kappa shape index (κ1) is 22.2. The van der Waals surface area contributed by atoms with Gasteiger partial charge in [-0.1, -0.05) is 56.6 Å². The van der Waals surface area contributed by atoms with Crippen molar-refractivity contribution in [3.05, 3.63) is 64.2 Å². The Morgan fingerprint density at radius 2 is 1.82 bits per heavy atom. The summed E-state index contributed by atoms with van der Waals surface area (Å²) in [6.07, 6.45) is 0. The molecule has 0 spiro atoms. The molecule has 2 rings (SSSR count). The van der Waals surface area contributed by atoms with Crippen LogP contribution in [0.2, 0.25) is 5.02 Å². The lowest BCUT2D eigenvalue weighted by atomic mass is 9.86. The molecule has 4 nitrogen and oxygen atoms in total. The third-order valence-electron chi connectivity index (χ3n) is 4.35. The van der Waals surface area contributed by atoms with E-state index >= 15 is 0 Å². The molecular formula is C22H27ClN2O2S. The van der Waals surface area contributed by atoms with Gasteiger partial charge in [-0.3, -0.25) is 0 Å². The number of benzene rings is 2. The molecule has 2 aromatic rings. The Morgan fingerprint density at radius 3 is 2.36 bits per heavy atom. The first-order chi connectivity index (χ1) is 13.1. The molecule has 0 aliphatic heterocycles. The van der Waals surface area contributed by atoms with Crippen LogP contribution in [0.4, 0.5) is 5.69 Å². The van der Waals surface area contributed by atoms with Gasteiger partial charge in [-0.25, -0.2) is 4.79 Å². The van der Waals surface area contributed by atoms with Crippen LogP contribution < -0.4 is 10.6 Å². The van der Waals surface area contributed by atoms with Crippen molar-refractivity contribution in [2.24, 2.45) is 0 Å². The second kappa shape index (κ2) is 9.39. The molecule has 2 N–H and O–H groups in total. The van der Waals surface area contributed by atoms with Gasteiger partial charge in [-0.15, -0.1) is 0 Å². The maximum atomic E-state index is 11.8. The molecule has 0 amide bonds. The minimum Gasteiger partial charge on any atom is -0.462 e. The van der Waals surface area contributed by atoms with Gasteiger partial charge in [0.15, 0.2) is 5.11 Å². The fourth-order valence-corrected chi connectivity index (χ4v) is 3.24. The Morgan fingerprint density at radius 1 is 1.18 bits per heavy atom. The third-order valence-corrected chi connectivity index (χ3v) is 4.88. The van der Waals surface area contributed by atoms with Crippen LogP contribution in [0.5, 0.6) is 0 Å². The molecule has 0 heterocycles. The molecule has 1 unspecified atom stereocenters. The lowest BCUT2D eigenvalue weighted by Crippen LogP contribution is -2.31. The van der Waals surface area contributed by atoms with Gasteiger partial charge in [0, 0.05) is 5.69 Å². The molecule has 0 radical (unpaired) electrons. The molecule has 0 bridgehead atoms. The quantitative estimate of drug-likeness (QED) is 0.470. The van der Waals surface area contributed by atoms with Crippen molar-refractivity contribution in [2.75, 3.05) is 11.9 Å². The highest BCUT2D eigenvalue weighted by Crippen LogP contribution is 2.24. The van der Waals surface area contributed by atoms with E-state index in [1.165, 1.54) is 5.56 Å². The van der Waals surface area contributed by atoms with Crippen LogP contribution in [0.25, 0.3) is 0 Å². The van der Waals surface area contributed by atoms with Crippen molar-refractivity contribution in [3.8, 4) is 0 Å². The zero-order valence-electron chi connectivity index (χ0n) is 16.9. The second-order valence-corrected chi connectivity index (χ2v) is 8.42. The van der Waals surface area contributed by atoms with Gasteiger partial charge in [0.05, 0.1) is 23.2 Å². The molecule has 0 aromatic heterocycles. The zero-order chi connectivity index (χ0) is 20.9. The number of ether oxygens (including phenoxy) is 1. The fraction of sp³-hybridized carbons (Fsp3) is 0.364. The number of hydrogen-bond donors (Lipinski definition) is 2. The maximum absolute atomic E-state index is 11.8. The molecule has 28 heavy (non-hydrogen) atoms. The van der Waals surface area contributed by atoms with E-state index in [4.69, 9.17) is 28.6 Å². The Kier molecular flexibility index (Phi) is 7.44. The summed E-state index contributed by atoms with van der Waals surface area (Å²) in [5.74, 6) is -0.438. The number of halogens is 1. The standard InChI is InChI=1S/C22H27ClN2O2S/c1-6-27-20(26)18-12-11-17(13-19(18)23)25-21(28)24-14(2)15-7-9-16(10-8-15)22(3,4)5/h7-14H,6H2,1-5H3,(H2,24,25,28). The van der Waals surface area contributed by atoms with E-state index in [0.29, 0.717) is 28.0 Å². The monoisotopic (exact) mass is 418 g/mol. The van der Waals surface area contributed by atoms with Crippen LogP contribution in [0.3, 0.4) is 0 Å². The molecule has 0 aliphatic rings. The van der Waals surface area contributed by atoms with Gasteiger partial charge < -0.3 is 15.4 Å². The first-order valence-electron chi connectivity index (χ1n) is 9.26. The van der Waals surface area contributed by atoms with Crippen LogP contribution in [-0.4, -0.2) is 17.7 Å². The number of rotatable bonds is 5. The molecule has 0 fully saturated rings. The van der Waals surface area contributed by atoms with Crippen molar-refractivity contribution in [1.29, 1.82) is 0 Å². The van der Waals surface area contributed by atoms with Crippen LogP contribution in [0, 0.1) is 0 Å². The summed E-state index contributed by atoms with van der Waals surface area (Å²) in [6, 6.07) is 13.6. The van der Waals surface area contributed by atoms with Gasteiger partial charge in [-0.2, -0.15) is 0 Å². The van der Waals surface area contributed by atoms with E-state index in [1.54, 1.807) is 25.1 Å². The molecule has 1 atom stereocenters. The minimum absolute atomic E-state index is 0.0447. The number of carbonyl (C=O) groups excluding carboxylic acids is 1. The van der Waals surface area contributed by atoms with E-state index in [9.17, 15) is 4.79 Å². The van der Waals surface area contributed by atoms with Gasteiger partial charge in [0.1, 0.15) is 0 Å². The number of nitrogens with one attached hydrogen (secondary N) is 2. The summed E-state index contributed by atoms with van der Waals surface area (Å²) in [7, 11) is 0. The maximum Gasteiger partial charge on any atom is 0.339 e. The van der Waals surface area contributed by atoms with Gasteiger partial charge in [-0.05, 0) is 60.8 Å². The molecule has 0 saturated heterocycles. The number of thiocarbonyl (C=S) groups is 1. The minimum atomic E-state index is -0.438. The van der Waals surface area contributed by atoms with E-state index < -0.39 is 5.97 Å². The largest absolute Gasteiger partial charge is 0.462 e. The molecule has 2 aromatic carbocycles. The van der Waals surface area contributed by atoms with Crippen molar-refractivity contribution in [1.82, 2.24) is 5.32 Å². The highest BCUT2D eigenvalue weighted by atomic mass is 35.5. The molecule has 0 saturated carbocycles. The number of esters is 1.